The molecule has 2 aromatic rings. The Morgan fingerprint density at radius 1 is 1.28 bits per heavy atom. The lowest BCUT2D eigenvalue weighted by molar-refractivity contribution is 0.0690. The Hall–Kier alpha value is -2.47. The second kappa shape index (κ2) is 5.24. The molecule has 0 amide bonds. The highest BCUT2D eigenvalue weighted by atomic mass is 16.5. The van der Waals surface area contributed by atoms with Crippen molar-refractivity contribution in [2.24, 2.45) is 0 Å². The van der Waals surface area contributed by atoms with Crippen molar-refractivity contribution in [3.05, 3.63) is 47.9 Å². The fourth-order valence-electron chi connectivity index (χ4n) is 1.31. The van der Waals surface area contributed by atoms with Crippen molar-refractivity contribution in [1.29, 1.82) is 0 Å². The number of hydrogen-bond donors (Lipinski definition) is 2. The first-order valence-corrected chi connectivity index (χ1v) is 5.12. The molecular weight excluding hydrogens is 236 g/mol. The van der Waals surface area contributed by atoms with Gasteiger partial charge >= 0.3 is 5.97 Å². The molecule has 1 aromatic heterocycles. The molecule has 2 N–H and O–H groups in total. The van der Waals surface area contributed by atoms with Crippen LogP contribution in [0.3, 0.4) is 0 Å². The van der Waals surface area contributed by atoms with Crippen LogP contribution in [-0.2, 0) is 6.61 Å². The third-order valence-corrected chi connectivity index (χ3v) is 2.15. The lowest BCUT2D eigenvalue weighted by atomic mass is 10.2. The number of aliphatic hydroxyl groups excluding tert-OH is 1. The number of benzene rings is 1. The van der Waals surface area contributed by atoms with Gasteiger partial charge in [-0.3, -0.25) is 0 Å². The van der Waals surface area contributed by atoms with E-state index < -0.39 is 5.97 Å². The Morgan fingerprint density at radius 3 is 2.72 bits per heavy atom. The third-order valence-electron chi connectivity index (χ3n) is 2.15. The minimum Gasteiger partial charge on any atom is -0.476 e. The molecule has 1 aromatic carbocycles. The molecule has 0 fully saturated rings. The summed E-state index contributed by atoms with van der Waals surface area (Å²) in [5.74, 6) is -0.453. The van der Waals surface area contributed by atoms with E-state index in [-0.39, 0.29) is 18.2 Å². The first-order valence-electron chi connectivity index (χ1n) is 5.12. The molecular formula is C12H10N2O4. The summed E-state index contributed by atoms with van der Waals surface area (Å²) in [5, 5.41) is 17.6. The highest BCUT2D eigenvalue weighted by Gasteiger charge is 2.06. The van der Waals surface area contributed by atoms with E-state index in [0.29, 0.717) is 11.3 Å². The van der Waals surface area contributed by atoms with E-state index in [1.165, 1.54) is 6.20 Å². The molecule has 0 aliphatic rings. The van der Waals surface area contributed by atoms with Crippen molar-refractivity contribution in [3.63, 3.8) is 0 Å². The van der Waals surface area contributed by atoms with E-state index >= 15 is 0 Å². The van der Waals surface area contributed by atoms with Gasteiger partial charge < -0.3 is 14.9 Å². The maximum absolute atomic E-state index is 10.6. The zero-order chi connectivity index (χ0) is 13.0. The quantitative estimate of drug-likeness (QED) is 0.848. The van der Waals surface area contributed by atoms with Gasteiger partial charge in [-0.25, -0.2) is 14.8 Å². The van der Waals surface area contributed by atoms with Crippen LogP contribution in [0.5, 0.6) is 11.6 Å². The summed E-state index contributed by atoms with van der Waals surface area (Å²) < 4.78 is 5.38. The number of aliphatic hydroxyl groups is 1. The maximum Gasteiger partial charge on any atom is 0.356 e. The van der Waals surface area contributed by atoms with E-state index in [1.54, 1.807) is 24.3 Å². The molecule has 0 atom stereocenters. The largest absolute Gasteiger partial charge is 0.476 e. The number of carboxylic acids is 1. The van der Waals surface area contributed by atoms with Crippen LogP contribution >= 0.6 is 0 Å². The second-order valence-corrected chi connectivity index (χ2v) is 3.45. The normalized spacial score (nSPS) is 10.1. The van der Waals surface area contributed by atoms with Crippen LogP contribution in [0.25, 0.3) is 0 Å². The number of ether oxygens (including phenoxy) is 1. The summed E-state index contributed by atoms with van der Waals surface area (Å²) in [7, 11) is 0. The van der Waals surface area contributed by atoms with E-state index in [1.807, 2.05) is 0 Å². The van der Waals surface area contributed by atoms with Gasteiger partial charge in [-0.05, 0) is 17.7 Å². The molecule has 0 radical (unpaired) electrons. The topological polar surface area (TPSA) is 92.5 Å². The lowest BCUT2D eigenvalue weighted by Crippen LogP contribution is -2.01. The van der Waals surface area contributed by atoms with Gasteiger partial charge in [0.05, 0.1) is 19.0 Å². The van der Waals surface area contributed by atoms with Crippen LogP contribution in [0.4, 0.5) is 0 Å². The third kappa shape index (κ3) is 2.80. The Bertz CT molecular complexity index is 554. The van der Waals surface area contributed by atoms with Crippen molar-refractivity contribution < 1.29 is 19.7 Å². The van der Waals surface area contributed by atoms with Gasteiger partial charge in [-0.15, -0.1) is 0 Å². The Morgan fingerprint density at radius 2 is 2.11 bits per heavy atom. The molecule has 0 aliphatic heterocycles. The predicted molar refractivity (Wildman–Crippen MR) is 61.4 cm³/mol. The van der Waals surface area contributed by atoms with Gasteiger partial charge in [-0.2, -0.15) is 0 Å². The average Bonchev–Trinajstić information content (AvgIpc) is 2.39. The molecule has 2 rings (SSSR count). The molecule has 6 nitrogen and oxygen atoms in total. The standard InChI is InChI=1S/C12H10N2O4/c15-7-8-2-1-3-9(4-8)18-11-6-13-10(5-14-11)12(16)17/h1-6,15H,7H2,(H,16,17). The maximum atomic E-state index is 10.6. The summed E-state index contributed by atoms with van der Waals surface area (Å²) in [6.07, 6.45) is 2.35. The molecule has 0 saturated carbocycles. The summed E-state index contributed by atoms with van der Waals surface area (Å²) in [6, 6.07) is 6.85. The van der Waals surface area contributed by atoms with Crippen molar-refractivity contribution in [2.75, 3.05) is 0 Å². The van der Waals surface area contributed by atoms with Crippen LogP contribution in [0.15, 0.2) is 36.7 Å². The highest BCUT2D eigenvalue weighted by molar-refractivity contribution is 5.84. The van der Waals surface area contributed by atoms with E-state index in [2.05, 4.69) is 9.97 Å². The van der Waals surface area contributed by atoms with Gasteiger partial charge in [0.25, 0.3) is 0 Å². The molecule has 0 aliphatic carbocycles. The van der Waals surface area contributed by atoms with Gasteiger partial charge in [0, 0.05) is 0 Å². The Balaban J connectivity index is 2.15. The SMILES string of the molecule is O=C(O)c1cnc(Oc2cccc(CO)c2)cn1. The molecule has 0 unspecified atom stereocenters. The molecule has 0 bridgehead atoms. The molecule has 0 saturated heterocycles. The molecule has 6 heteroatoms. The number of aromatic carboxylic acids is 1. The number of carboxylic acid groups (broad SMARTS) is 1. The van der Waals surface area contributed by atoms with Crippen LogP contribution in [0.1, 0.15) is 16.1 Å². The van der Waals surface area contributed by atoms with E-state index in [9.17, 15) is 4.79 Å². The second-order valence-electron chi connectivity index (χ2n) is 3.45. The van der Waals surface area contributed by atoms with Crippen LogP contribution in [0, 0.1) is 0 Å². The minimum absolute atomic E-state index is 0.0825. The predicted octanol–water partition coefficient (Wildman–Crippen LogP) is 1.46. The smallest absolute Gasteiger partial charge is 0.356 e. The van der Waals surface area contributed by atoms with Crippen molar-refractivity contribution >= 4 is 5.97 Å². The number of hydrogen-bond acceptors (Lipinski definition) is 5. The highest BCUT2D eigenvalue weighted by Crippen LogP contribution is 2.19. The van der Waals surface area contributed by atoms with Crippen LogP contribution in [0.2, 0.25) is 0 Å². The first-order chi connectivity index (χ1) is 8.69. The van der Waals surface area contributed by atoms with E-state index in [0.717, 1.165) is 6.20 Å². The lowest BCUT2D eigenvalue weighted by Gasteiger charge is -2.05. The summed E-state index contributed by atoms with van der Waals surface area (Å²) in [5.41, 5.74) is 0.564. The number of aromatic nitrogens is 2. The fourth-order valence-corrected chi connectivity index (χ4v) is 1.31. The van der Waals surface area contributed by atoms with Crippen molar-refractivity contribution in [3.8, 4) is 11.6 Å². The zero-order valence-electron chi connectivity index (χ0n) is 9.28. The minimum atomic E-state index is -1.14. The number of rotatable bonds is 4. The van der Waals surface area contributed by atoms with Crippen molar-refractivity contribution in [2.45, 2.75) is 6.61 Å². The monoisotopic (exact) mass is 246 g/mol. The van der Waals surface area contributed by atoms with Crippen LogP contribution in [-0.4, -0.2) is 26.2 Å². The van der Waals surface area contributed by atoms with Crippen LogP contribution < -0.4 is 4.74 Å². The number of carbonyl (C=O) groups is 1. The van der Waals surface area contributed by atoms with Gasteiger partial charge in [0.15, 0.2) is 5.69 Å². The van der Waals surface area contributed by atoms with Gasteiger partial charge in [-0.1, -0.05) is 12.1 Å². The summed E-state index contributed by atoms with van der Waals surface area (Å²) in [6.45, 7) is -0.0825. The Labute approximate surface area is 103 Å². The van der Waals surface area contributed by atoms with Crippen molar-refractivity contribution in [1.82, 2.24) is 9.97 Å². The summed E-state index contributed by atoms with van der Waals surface area (Å²) in [4.78, 5) is 18.1. The van der Waals surface area contributed by atoms with Gasteiger partial charge in [0.1, 0.15) is 5.75 Å². The fraction of sp³-hybridized carbons (Fsp3) is 0.0833. The Kier molecular flexibility index (Phi) is 3.49. The molecule has 0 spiro atoms. The number of nitrogens with zero attached hydrogens (tertiary/aromatic N) is 2. The summed E-state index contributed by atoms with van der Waals surface area (Å²) >= 11 is 0. The first kappa shape index (κ1) is 12.0. The zero-order valence-corrected chi connectivity index (χ0v) is 9.28. The van der Waals surface area contributed by atoms with E-state index in [4.69, 9.17) is 14.9 Å². The molecule has 92 valence electrons. The average molecular weight is 246 g/mol. The molecule has 18 heavy (non-hydrogen) atoms. The van der Waals surface area contributed by atoms with Gasteiger partial charge in [0.2, 0.25) is 5.88 Å². The molecule has 1 heterocycles.